The number of hydrogen-bond acceptors (Lipinski definition) is 4. The first kappa shape index (κ1) is 15.2. The van der Waals surface area contributed by atoms with Crippen LogP contribution in [-0.4, -0.2) is 33.3 Å². The summed E-state index contributed by atoms with van der Waals surface area (Å²) in [4.78, 5) is 22.8. The summed E-state index contributed by atoms with van der Waals surface area (Å²) in [5.41, 5.74) is 5.82. The van der Waals surface area contributed by atoms with Crippen LogP contribution in [0.3, 0.4) is 0 Å². The molecule has 0 aliphatic rings. The first-order chi connectivity index (χ1) is 9.04. The highest BCUT2D eigenvalue weighted by atomic mass is 16.4. The van der Waals surface area contributed by atoms with Gasteiger partial charge in [-0.2, -0.15) is 5.10 Å². The molecule has 7 nitrogen and oxygen atoms in total. The average Bonchev–Trinajstić information content (AvgIpc) is 2.78. The lowest BCUT2D eigenvalue weighted by atomic mass is 10.1. The number of carbonyl (C=O) groups excluding carboxylic acids is 1. The third-order valence-electron chi connectivity index (χ3n) is 2.72. The van der Waals surface area contributed by atoms with Crippen molar-refractivity contribution in [2.75, 3.05) is 6.54 Å². The normalized spacial score (nSPS) is 12.1. The second-order valence-electron chi connectivity index (χ2n) is 4.39. The number of aryl methyl sites for hydroxylation is 1. The van der Waals surface area contributed by atoms with Gasteiger partial charge in [-0.1, -0.05) is 6.42 Å². The number of carboxylic acid groups (broad SMARTS) is 1. The fourth-order valence-electron chi connectivity index (χ4n) is 1.72. The number of nitrogens with zero attached hydrogens (tertiary/aromatic N) is 2. The molecule has 1 aromatic rings. The quantitative estimate of drug-likeness (QED) is 0.582. The molecule has 106 valence electrons. The molecule has 7 heteroatoms. The van der Waals surface area contributed by atoms with Gasteiger partial charge >= 0.3 is 5.97 Å². The maximum atomic E-state index is 11.7. The van der Waals surface area contributed by atoms with Crippen LogP contribution in [0.25, 0.3) is 0 Å². The van der Waals surface area contributed by atoms with Gasteiger partial charge < -0.3 is 16.2 Å². The van der Waals surface area contributed by atoms with Gasteiger partial charge in [-0.3, -0.25) is 9.48 Å². The predicted octanol–water partition coefficient (Wildman–Crippen LogP) is 0.181. The van der Waals surface area contributed by atoms with Gasteiger partial charge in [-0.25, -0.2) is 4.79 Å². The Morgan fingerprint density at radius 1 is 1.47 bits per heavy atom. The summed E-state index contributed by atoms with van der Waals surface area (Å²) in [6.45, 7) is 0.606. The van der Waals surface area contributed by atoms with E-state index in [1.807, 2.05) is 0 Å². The Balaban J connectivity index is 2.50. The maximum absolute atomic E-state index is 11.7. The van der Waals surface area contributed by atoms with Gasteiger partial charge in [0, 0.05) is 25.2 Å². The molecule has 0 fully saturated rings. The lowest BCUT2D eigenvalue weighted by Gasteiger charge is -2.12. The van der Waals surface area contributed by atoms with E-state index >= 15 is 0 Å². The zero-order valence-electron chi connectivity index (χ0n) is 11.0. The Bertz CT molecular complexity index is 430. The second-order valence-corrected chi connectivity index (χ2v) is 4.39. The molecule has 1 atom stereocenters. The van der Waals surface area contributed by atoms with Crippen LogP contribution >= 0.6 is 0 Å². The van der Waals surface area contributed by atoms with E-state index in [2.05, 4.69) is 10.4 Å². The summed E-state index contributed by atoms with van der Waals surface area (Å²) < 4.78 is 1.50. The van der Waals surface area contributed by atoms with Gasteiger partial charge in [0.05, 0.1) is 6.20 Å². The fourth-order valence-corrected chi connectivity index (χ4v) is 1.72. The largest absolute Gasteiger partial charge is 0.479 e. The molecule has 1 heterocycles. The number of carbonyl (C=O) groups is 2. The number of nitrogens with one attached hydrogen (secondary N) is 1. The van der Waals surface area contributed by atoms with Crippen LogP contribution in [0.2, 0.25) is 0 Å². The van der Waals surface area contributed by atoms with Crippen molar-refractivity contribution in [3.8, 4) is 0 Å². The minimum atomic E-state index is -1.09. The molecule has 0 radical (unpaired) electrons. The van der Waals surface area contributed by atoms with E-state index in [9.17, 15) is 9.59 Å². The van der Waals surface area contributed by atoms with Crippen molar-refractivity contribution in [2.45, 2.75) is 31.7 Å². The van der Waals surface area contributed by atoms with E-state index < -0.39 is 12.0 Å². The zero-order valence-corrected chi connectivity index (χ0v) is 11.0. The highest BCUT2D eigenvalue weighted by Gasteiger charge is 2.23. The Kier molecular flexibility index (Phi) is 6.01. The minimum Gasteiger partial charge on any atom is -0.479 e. The lowest BCUT2D eigenvalue weighted by molar-refractivity contribution is -0.142. The van der Waals surface area contributed by atoms with Crippen molar-refractivity contribution in [2.24, 2.45) is 12.8 Å². The molecule has 0 aromatic carbocycles. The number of amides is 1. The molecule has 1 rings (SSSR count). The van der Waals surface area contributed by atoms with Crippen molar-refractivity contribution in [1.29, 1.82) is 0 Å². The van der Waals surface area contributed by atoms with Crippen LogP contribution in [0.5, 0.6) is 0 Å². The van der Waals surface area contributed by atoms with Crippen LogP contribution in [0.1, 0.15) is 37.3 Å². The summed E-state index contributed by atoms with van der Waals surface area (Å²) in [5, 5.41) is 15.5. The minimum absolute atomic E-state index is 0.270. The van der Waals surface area contributed by atoms with Crippen LogP contribution in [0.15, 0.2) is 12.4 Å². The number of nitrogens with two attached hydrogens (primary N) is 1. The smallest absolute Gasteiger partial charge is 0.331 e. The summed E-state index contributed by atoms with van der Waals surface area (Å²) in [5.74, 6) is -1.36. The zero-order chi connectivity index (χ0) is 14.3. The summed E-state index contributed by atoms with van der Waals surface area (Å²) >= 11 is 0. The van der Waals surface area contributed by atoms with Crippen molar-refractivity contribution in [1.82, 2.24) is 15.1 Å². The Hall–Kier alpha value is -1.89. The third kappa shape index (κ3) is 5.09. The molecule has 0 bridgehead atoms. The van der Waals surface area contributed by atoms with E-state index in [-0.39, 0.29) is 5.91 Å². The molecule has 1 unspecified atom stereocenters. The first-order valence-corrected chi connectivity index (χ1v) is 6.25. The van der Waals surface area contributed by atoms with Crippen molar-refractivity contribution in [3.05, 3.63) is 18.0 Å². The first-order valence-electron chi connectivity index (χ1n) is 6.25. The van der Waals surface area contributed by atoms with Crippen LogP contribution in [-0.2, 0) is 16.6 Å². The fraction of sp³-hybridized carbons (Fsp3) is 0.583. The van der Waals surface area contributed by atoms with Crippen molar-refractivity contribution < 1.29 is 14.7 Å². The van der Waals surface area contributed by atoms with Gasteiger partial charge in [-0.05, 0) is 19.4 Å². The van der Waals surface area contributed by atoms with Crippen molar-refractivity contribution in [3.63, 3.8) is 0 Å². The van der Waals surface area contributed by atoms with Gasteiger partial charge in [0.1, 0.15) is 0 Å². The van der Waals surface area contributed by atoms with Crippen molar-refractivity contribution >= 4 is 11.9 Å². The van der Waals surface area contributed by atoms with E-state index in [1.54, 1.807) is 13.2 Å². The second kappa shape index (κ2) is 7.52. The number of rotatable bonds is 8. The average molecular weight is 268 g/mol. The molecule has 1 amide bonds. The third-order valence-corrected chi connectivity index (χ3v) is 2.72. The molecular formula is C12H20N4O3. The predicted molar refractivity (Wildman–Crippen MR) is 69.2 cm³/mol. The van der Waals surface area contributed by atoms with Crippen LogP contribution in [0, 0.1) is 0 Å². The highest BCUT2D eigenvalue weighted by molar-refractivity contribution is 5.84. The maximum Gasteiger partial charge on any atom is 0.331 e. The molecule has 19 heavy (non-hydrogen) atoms. The van der Waals surface area contributed by atoms with Gasteiger partial charge in [-0.15, -0.1) is 0 Å². The molecule has 0 aliphatic heterocycles. The standard InChI is InChI=1S/C12H20N4O3/c1-16-8-9(7-14-16)11(12(18)19)15-10(17)5-3-2-4-6-13/h7-8,11H,2-6,13H2,1H3,(H,15,17)(H,18,19). The monoisotopic (exact) mass is 268 g/mol. The molecule has 0 saturated heterocycles. The van der Waals surface area contributed by atoms with Crippen LogP contribution in [0.4, 0.5) is 0 Å². The van der Waals surface area contributed by atoms with Gasteiger partial charge in [0.2, 0.25) is 5.91 Å². The van der Waals surface area contributed by atoms with Crippen LogP contribution < -0.4 is 11.1 Å². The van der Waals surface area contributed by atoms with Gasteiger partial charge in [0.15, 0.2) is 6.04 Å². The van der Waals surface area contributed by atoms with E-state index in [0.29, 0.717) is 24.9 Å². The van der Waals surface area contributed by atoms with E-state index in [1.165, 1.54) is 10.9 Å². The Labute approximate surface area is 111 Å². The molecule has 0 aliphatic carbocycles. The Morgan fingerprint density at radius 3 is 2.74 bits per heavy atom. The summed E-state index contributed by atoms with van der Waals surface area (Å²) in [6, 6.07) is -1.05. The number of aliphatic carboxylic acids is 1. The highest BCUT2D eigenvalue weighted by Crippen LogP contribution is 2.12. The number of unbranched alkanes of at least 4 members (excludes halogenated alkanes) is 2. The lowest BCUT2D eigenvalue weighted by Crippen LogP contribution is -2.33. The molecule has 0 saturated carbocycles. The van der Waals surface area contributed by atoms with E-state index in [0.717, 1.165) is 12.8 Å². The number of aromatic nitrogens is 2. The molecule has 0 spiro atoms. The summed E-state index contributed by atoms with van der Waals surface area (Å²) in [7, 11) is 1.69. The topological polar surface area (TPSA) is 110 Å². The molecule has 1 aromatic heterocycles. The molecule has 4 N–H and O–H groups in total. The number of carboxylic acids is 1. The van der Waals surface area contributed by atoms with E-state index in [4.69, 9.17) is 10.8 Å². The SMILES string of the molecule is Cn1cc(C(NC(=O)CCCCCN)C(=O)O)cn1. The number of hydrogen-bond donors (Lipinski definition) is 3. The molecular weight excluding hydrogens is 248 g/mol. The Morgan fingerprint density at radius 2 is 2.21 bits per heavy atom. The summed E-state index contributed by atoms with van der Waals surface area (Å²) in [6.07, 6.45) is 5.78. The van der Waals surface area contributed by atoms with Gasteiger partial charge in [0.25, 0.3) is 0 Å².